The summed E-state index contributed by atoms with van der Waals surface area (Å²) in [4.78, 5) is 24.0. The molecule has 1 rings (SSSR count). The van der Waals surface area contributed by atoms with Crippen LogP contribution in [0.4, 0.5) is 0 Å². The fourth-order valence-electron chi connectivity index (χ4n) is 2.36. The van der Waals surface area contributed by atoms with Gasteiger partial charge in [0.1, 0.15) is 6.04 Å². The first-order valence-corrected chi connectivity index (χ1v) is 5.73. The molecule has 0 spiro atoms. The summed E-state index contributed by atoms with van der Waals surface area (Å²) >= 11 is 0. The molecule has 1 aliphatic rings. The van der Waals surface area contributed by atoms with E-state index in [-0.39, 0.29) is 11.3 Å². The Morgan fingerprint density at radius 1 is 1.31 bits per heavy atom. The fraction of sp³-hybridized carbons (Fsp3) is 0.833. The van der Waals surface area contributed by atoms with E-state index in [9.17, 15) is 9.59 Å². The lowest BCUT2D eigenvalue weighted by atomic mass is 9.73. The van der Waals surface area contributed by atoms with E-state index in [1.54, 1.807) is 0 Å². The molecule has 1 fully saturated rings. The van der Waals surface area contributed by atoms with Crippen molar-refractivity contribution in [3.05, 3.63) is 0 Å². The first kappa shape index (κ1) is 13.0. The third-order valence-electron chi connectivity index (χ3n) is 3.52. The quantitative estimate of drug-likeness (QED) is 0.742. The molecule has 4 nitrogen and oxygen atoms in total. The predicted octanol–water partition coefficient (Wildman–Crippen LogP) is 1.74. The van der Waals surface area contributed by atoms with E-state index in [1.807, 2.05) is 0 Å². The van der Waals surface area contributed by atoms with Gasteiger partial charge >= 0.3 is 5.97 Å². The number of likely N-dealkylation sites (tertiary alicyclic amines) is 1. The smallest absolute Gasteiger partial charge is 0.326 e. The van der Waals surface area contributed by atoms with E-state index in [0.717, 1.165) is 6.42 Å². The molecule has 1 heterocycles. The van der Waals surface area contributed by atoms with Crippen molar-refractivity contribution >= 4 is 11.9 Å². The lowest BCUT2D eigenvalue weighted by Gasteiger charge is -2.42. The number of carboxylic acid groups (broad SMARTS) is 1. The molecule has 0 aromatic rings. The highest BCUT2D eigenvalue weighted by molar-refractivity contribution is 5.82. The molecule has 0 aromatic heterocycles. The largest absolute Gasteiger partial charge is 0.480 e. The highest BCUT2D eigenvalue weighted by Crippen LogP contribution is 2.36. The monoisotopic (exact) mass is 227 g/mol. The lowest BCUT2D eigenvalue weighted by Crippen LogP contribution is -2.51. The van der Waals surface area contributed by atoms with E-state index < -0.39 is 12.0 Å². The maximum atomic E-state index is 11.3. The molecule has 0 aromatic carbocycles. The van der Waals surface area contributed by atoms with E-state index >= 15 is 0 Å². The molecule has 1 aliphatic heterocycles. The zero-order valence-corrected chi connectivity index (χ0v) is 10.5. The van der Waals surface area contributed by atoms with Crippen molar-refractivity contribution in [1.29, 1.82) is 0 Å². The highest BCUT2D eigenvalue weighted by atomic mass is 16.4. The SMILES string of the molecule is CC(=O)N1CC[C@H](C(C)(C)C)C[C@@H]1C(=O)O. The summed E-state index contributed by atoms with van der Waals surface area (Å²) in [6, 6.07) is -0.643. The number of nitrogens with zero attached hydrogens (tertiary/aromatic N) is 1. The zero-order valence-electron chi connectivity index (χ0n) is 10.5. The number of piperidine rings is 1. The molecule has 1 N–H and O–H groups in total. The van der Waals surface area contributed by atoms with Gasteiger partial charge < -0.3 is 10.0 Å². The summed E-state index contributed by atoms with van der Waals surface area (Å²) < 4.78 is 0. The number of rotatable bonds is 1. The summed E-state index contributed by atoms with van der Waals surface area (Å²) in [6.45, 7) is 8.38. The van der Waals surface area contributed by atoms with Gasteiger partial charge in [-0.1, -0.05) is 20.8 Å². The van der Waals surface area contributed by atoms with Crippen molar-refractivity contribution in [2.75, 3.05) is 6.54 Å². The number of hydrogen-bond donors (Lipinski definition) is 1. The van der Waals surface area contributed by atoms with Crippen LogP contribution in [0.1, 0.15) is 40.5 Å². The van der Waals surface area contributed by atoms with Crippen molar-refractivity contribution in [1.82, 2.24) is 4.90 Å². The molecule has 92 valence electrons. The van der Waals surface area contributed by atoms with Gasteiger partial charge in [-0.3, -0.25) is 4.79 Å². The third-order valence-corrected chi connectivity index (χ3v) is 3.52. The van der Waals surface area contributed by atoms with Crippen LogP contribution in [0.2, 0.25) is 0 Å². The predicted molar refractivity (Wildman–Crippen MR) is 61.0 cm³/mol. The maximum absolute atomic E-state index is 11.3. The summed E-state index contributed by atoms with van der Waals surface area (Å²) in [7, 11) is 0. The molecule has 0 unspecified atom stereocenters. The Balaban J connectivity index is 2.81. The van der Waals surface area contributed by atoms with Gasteiger partial charge in [-0.2, -0.15) is 0 Å². The standard InChI is InChI=1S/C12H21NO3/c1-8(14)13-6-5-9(12(2,3)4)7-10(13)11(15)16/h9-10H,5-7H2,1-4H3,(H,15,16)/t9-,10+/m0/s1. The van der Waals surface area contributed by atoms with Gasteiger partial charge in [0.2, 0.25) is 5.91 Å². The summed E-state index contributed by atoms with van der Waals surface area (Å²) in [5.74, 6) is -0.659. The topological polar surface area (TPSA) is 57.6 Å². The Bertz CT molecular complexity index is 293. The Kier molecular flexibility index (Phi) is 3.61. The van der Waals surface area contributed by atoms with Crippen LogP contribution >= 0.6 is 0 Å². The molecule has 4 heteroatoms. The van der Waals surface area contributed by atoms with Crippen LogP contribution in [0, 0.1) is 11.3 Å². The van der Waals surface area contributed by atoms with Crippen LogP contribution in [-0.2, 0) is 9.59 Å². The van der Waals surface area contributed by atoms with E-state index in [1.165, 1.54) is 11.8 Å². The van der Waals surface area contributed by atoms with Gasteiger partial charge in [0, 0.05) is 13.5 Å². The van der Waals surface area contributed by atoms with Crippen molar-refractivity contribution in [3.63, 3.8) is 0 Å². The Morgan fingerprint density at radius 3 is 2.25 bits per heavy atom. The van der Waals surface area contributed by atoms with Gasteiger partial charge in [0.25, 0.3) is 0 Å². The summed E-state index contributed by atoms with van der Waals surface area (Å²) in [6.07, 6.45) is 1.46. The van der Waals surface area contributed by atoms with Gasteiger partial charge in [0.05, 0.1) is 0 Å². The Morgan fingerprint density at radius 2 is 1.88 bits per heavy atom. The van der Waals surface area contributed by atoms with E-state index in [0.29, 0.717) is 18.9 Å². The molecule has 1 amide bonds. The first-order valence-electron chi connectivity index (χ1n) is 5.73. The Labute approximate surface area is 96.6 Å². The number of hydrogen-bond acceptors (Lipinski definition) is 2. The lowest BCUT2D eigenvalue weighted by molar-refractivity contribution is -0.153. The fourth-order valence-corrected chi connectivity index (χ4v) is 2.36. The van der Waals surface area contributed by atoms with Crippen molar-refractivity contribution in [2.45, 2.75) is 46.6 Å². The number of aliphatic carboxylic acids is 1. The van der Waals surface area contributed by atoms with Crippen LogP contribution in [0.5, 0.6) is 0 Å². The summed E-state index contributed by atoms with van der Waals surface area (Å²) in [5.41, 5.74) is 0.108. The highest BCUT2D eigenvalue weighted by Gasteiger charge is 2.38. The number of carbonyl (C=O) groups is 2. The van der Waals surface area contributed by atoms with E-state index in [2.05, 4.69) is 20.8 Å². The van der Waals surface area contributed by atoms with Gasteiger partial charge in [-0.25, -0.2) is 4.79 Å². The second kappa shape index (κ2) is 4.44. The molecule has 16 heavy (non-hydrogen) atoms. The maximum Gasteiger partial charge on any atom is 0.326 e. The zero-order chi connectivity index (χ0) is 12.5. The molecule has 0 aliphatic carbocycles. The van der Waals surface area contributed by atoms with E-state index in [4.69, 9.17) is 5.11 Å². The summed E-state index contributed by atoms with van der Waals surface area (Å²) in [5, 5.41) is 9.15. The van der Waals surface area contributed by atoms with Crippen LogP contribution in [-0.4, -0.2) is 34.5 Å². The third kappa shape index (κ3) is 2.74. The molecular formula is C12H21NO3. The normalized spacial score (nSPS) is 26.6. The average Bonchev–Trinajstić information content (AvgIpc) is 2.15. The van der Waals surface area contributed by atoms with Gasteiger partial charge in [0.15, 0.2) is 0 Å². The number of carboxylic acids is 1. The number of amides is 1. The van der Waals surface area contributed by atoms with Crippen LogP contribution < -0.4 is 0 Å². The van der Waals surface area contributed by atoms with Crippen molar-refractivity contribution in [2.24, 2.45) is 11.3 Å². The second-order valence-electron chi connectivity index (χ2n) is 5.65. The first-order chi connectivity index (χ1) is 7.23. The number of carbonyl (C=O) groups excluding carboxylic acids is 1. The van der Waals surface area contributed by atoms with Crippen molar-refractivity contribution in [3.8, 4) is 0 Å². The van der Waals surface area contributed by atoms with Crippen LogP contribution in [0.15, 0.2) is 0 Å². The molecular weight excluding hydrogens is 206 g/mol. The van der Waals surface area contributed by atoms with Gasteiger partial charge in [-0.15, -0.1) is 0 Å². The molecule has 1 saturated heterocycles. The molecule has 0 radical (unpaired) electrons. The minimum Gasteiger partial charge on any atom is -0.480 e. The second-order valence-corrected chi connectivity index (χ2v) is 5.65. The van der Waals surface area contributed by atoms with Crippen LogP contribution in [0.3, 0.4) is 0 Å². The minimum atomic E-state index is -0.885. The Hall–Kier alpha value is -1.06. The average molecular weight is 227 g/mol. The molecule has 2 atom stereocenters. The van der Waals surface area contributed by atoms with Gasteiger partial charge in [-0.05, 0) is 24.2 Å². The molecule has 0 bridgehead atoms. The van der Waals surface area contributed by atoms with Crippen LogP contribution in [0.25, 0.3) is 0 Å². The molecule has 0 saturated carbocycles. The van der Waals surface area contributed by atoms with Crippen molar-refractivity contribution < 1.29 is 14.7 Å². The minimum absolute atomic E-state index is 0.108.